The summed E-state index contributed by atoms with van der Waals surface area (Å²) in [7, 11) is 1.61. The minimum Gasteiger partial charge on any atom is -0.493 e. The van der Waals surface area contributed by atoms with Gasteiger partial charge >= 0.3 is 0 Å². The van der Waals surface area contributed by atoms with E-state index in [0.717, 1.165) is 32.1 Å². The highest BCUT2D eigenvalue weighted by Crippen LogP contribution is 2.46. The first-order valence-corrected chi connectivity index (χ1v) is 8.07. The largest absolute Gasteiger partial charge is 0.493 e. The first kappa shape index (κ1) is 16.1. The van der Waals surface area contributed by atoms with Crippen LogP contribution in [0.4, 0.5) is 0 Å². The third kappa shape index (κ3) is 2.99. The van der Waals surface area contributed by atoms with Crippen molar-refractivity contribution in [2.75, 3.05) is 7.11 Å². The van der Waals surface area contributed by atoms with Gasteiger partial charge in [-0.05, 0) is 39.0 Å². The summed E-state index contributed by atoms with van der Waals surface area (Å²) in [5, 5.41) is 4.36. The number of hydrogen-bond donors (Lipinski definition) is 0. The number of hydrogen-bond acceptors (Lipinski definition) is 3. The summed E-state index contributed by atoms with van der Waals surface area (Å²) in [5.74, 6) is 1.37. The summed E-state index contributed by atoms with van der Waals surface area (Å²) in [6, 6.07) is 0.158. The van der Waals surface area contributed by atoms with Crippen molar-refractivity contribution in [3.63, 3.8) is 0 Å². The average Bonchev–Trinajstić information content (AvgIpc) is 3.03. The van der Waals surface area contributed by atoms with Crippen molar-refractivity contribution in [3.8, 4) is 5.75 Å². The van der Waals surface area contributed by atoms with Gasteiger partial charge in [0.15, 0.2) is 11.5 Å². The standard InChI is InChI=1S/C17H28N2O2/c1-12(2)10-17(8-6-7-9-17)16(20)15-14(21-5)11-18-19(15)13(3)4/h11-13H,6-10H2,1-5H3. The second kappa shape index (κ2) is 6.20. The Kier molecular flexibility index (Phi) is 4.74. The van der Waals surface area contributed by atoms with E-state index in [1.807, 2.05) is 18.5 Å². The smallest absolute Gasteiger partial charge is 0.190 e. The van der Waals surface area contributed by atoms with Gasteiger partial charge in [-0.25, -0.2) is 0 Å². The number of nitrogens with zero attached hydrogens (tertiary/aromatic N) is 2. The fourth-order valence-electron chi connectivity index (χ4n) is 3.71. The van der Waals surface area contributed by atoms with Gasteiger partial charge in [0, 0.05) is 11.5 Å². The van der Waals surface area contributed by atoms with Crippen LogP contribution in [0.5, 0.6) is 5.75 Å². The highest BCUT2D eigenvalue weighted by Gasteiger charge is 2.44. The summed E-state index contributed by atoms with van der Waals surface area (Å²) in [4.78, 5) is 13.3. The van der Waals surface area contributed by atoms with E-state index < -0.39 is 0 Å². The molecule has 0 bridgehead atoms. The molecule has 0 N–H and O–H groups in total. The van der Waals surface area contributed by atoms with Crippen molar-refractivity contribution in [1.29, 1.82) is 0 Å². The molecule has 4 heteroatoms. The summed E-state index contributed by atoms with van der Waals surface area (Å²) in [6.07, 6.45) is 6.92. The maximum absolute atomic E-state index is 13.3. The van der Waals surface area contributed by atoms with Gasteiger partial charge in [-0.2, -0.15) is 5.10 Å². The minimum absolute atomic E-state index is 0.158. The number of carbonyl (C=O) groups excluding carboxylic acids is 1. The molecule has 1 heterocycles. The van der Waals surface area contributed by atoms with E-state index in [0.29, 0.717) is 17.4 Å². The van der Waals surface area contributed by atoms with Gasteiger partial charge in [0.05, 0.1) is 13.3 Å². The van der Waals surface area contributed by atoms with E-state index in [9.17, 15) is 4.79 Å². The van der Waals surface area contributed by atoms with Crippen LogP contribution in [0, 0.1) is 11.3 Å². The second-order valence-electron chi connectivity index (χ2n) is 7.01. The lowest BCUT2D eigenvalue weighted by atomic mass is 9.74. The van der Waals surface area contributed by atoms with Crippen LogP contribution >= 0.6 is 0 Å². The van der Waals surface area contributed by atoms with E-state index in [1.165, 1.54) is 0 Å². The summed E-state index contributed by atoms with van der Waals surface area (Å²) >= 11 is 0. The number of methoxy groups -OCH3 is 1. The Morgan fingerprint density at radius 2 is 1.95 bits per heavy atom. The first-order valence-electron chi connectivity index (χ1n) is 8.07. The van der Waals surface area contributed by atoms with Gasteiger partial charge in [0.2, 0.25) is 0 Å². The molecule has 4 nitrogen and oxygen atoms in total. The van der Waals surface area contributed by atoms with Gasteiger partial charge < -0.3 is 4.74 Å². The zero-order valence-electron chi connectivity index (χ0n) is 14.0. The number of ether oxygens (including phenoxy) is 1. The molecule has 1 saturated carbocycles. The number of rotatable bonds is 6. The van der Waals surface area contributed by atoms with E-state index in [2.05, 4.69) is 18.9 Å². The molecule has 0 unspecified atom stereocenters. The van der Waals surface area contributed by atoms with Gasteiger partial charge in [-0.1, -0.05) is 26.7 Å². The molecule has 0 amide bonds. The molecule has 1 aliphatic carbocycles. The Labute approximate surface area is 127 Å². The number of carbonyl (C=O) groups is 1. The van der Waals surface area contributed by atoms with Crippen LogP contribution < -0.4 is 4.74 Å². The molecule has 0 saturated heterocycles. The van der Waals surface area contributed by atoms with Crippen LogP contribution in [0.1, 0.15) is 76.3 Å². The van der Waals surface area contributed by atoms with Crippen LogP contribution in [0.15, 0.2) is 6.20 Å². The quantitative estimate of drug-likeness (QED) is 0.736. The topological polar surface area (TPSA) is 44.1 Å². The zero-order valence-corrected chi connectivity index (χ0v) is 14.0. The van der Waals surface area contributed by atoms with Gasteiger partial charge in [-0.15, -0.1) is 0 Å². The molecule has 1 aromatic rings. The lowest BCUT2D eigenvalue weighted by molar-refractivity contribution is 0.0742. The lowest BCUT2D eigenvalue weighted by Gasteiger charge is -2.30. The van der Waals surface area contributed by atoms with Crippen molar-refractivity contribution in [1.82, 2.24) is 9.78 Å². The predicted octanol–water partition coefficient (Wildman–Crippen LogP) is 4.26. The van der Waals surface area contributed by atoms with E-state index in [4.69, 9.17) is 4.74 Å². The predicted molar refractivity (Wildman–Crippen MR) is 83.9 cm³/mol. The van der Waals surface area contributed by atoms with Crippen molar-refractivity contribution in [2.24, 2.45) is 11.3 Å². The van der Waals surface area contributed by atoms with Crippen molar-refractivity contribution < 1.29 is 9.53 Å². The highest BCUT2D eigenvalue weighted by molar-refractivity contribution is 6.01. The Hall–Kier alpha value is -1.32. The molecule has 1 fully saturated rings. The summed E-state index contributed by atoms with van der Waals surface area (Å²) in [6.45, 7) is 8.49. The van der Waals surface area contributed by atoms with E-state index in [-0.39, 0.29) is 17.2 Å². The molecule has 1 aliphatic rings. The molecule has 2 rings (SSSR count). The Balaban J connectivity index is 2.44. The van der Waals surface area contributed by atoms with Gasteiger partial charge in [-0.3, -0.25) is 9.48 Å². The average molecular weight is 292 g/mol. The number of ketones is 1. The molecular formula is C17H28N2O2. The molecule has 1 aromatic heterocycles. The van der Waals surface area contributed by atoms with Crippen molar-refractivity contribution >= 4 is 5.78 Å². The van der Waals surface area contributed by atoms with Gasteiger partial charge in [0.25, 0.3) is 0 Å². The zero-order chi connectivity index (χ0) is 15.6. The van der Waals surface area contributed by atoms with Crippen LogP contribution in [-0.2, 0) is 0 Å². The molecule has 21 heavy (non-hydrogen) atoms. The second-order valence-corrected chi connectivity index (χ2v) is 7.01. The molecule has 0 aromatic carbocycles. The lowest BCUT2D eigenvalue weighted by Crippen LogP contribution is -2.32. The van der Waals surface area contributed by atoms with Crippen LogP contribution in [0.2, 0.25) is 0 Å². The molecule has 0 atom stereocenters. The van der Waals surface area contributed by atoms with E-state index in [1.54, 1.807) is 13.3 Å². The highest BCUT2D eigenvalue weighted by atomic mass is 16.5. The van der Waals surface area contributed by atoms with E-state index >= 15 is 0 Å². The molecule has 0 radical (unpaired) electrons. The van der Waals surface area contributed by atoms with Crippen LogP contribution in [-0.4, -0.2) is 22.7 Å². The maximum Gasteiger partial charge on any atom is 0.190 e. The maximum atomic E-state index is 13.3. The fraction of sp³-hybridized carbons (Fsp3) is 0.765. The molecular weight excluding hydrogens is 264 g/mol. The van der Waals surface area contributed by atoms with Crippen molar-refractivity contribution in [2.45, 2.75) is 65.8 Å². The Morgan fingerprint density at radius 3 is 2.43 bits per heavy atom. The Morgan fingerprint density at radius 1 is 1.33 bits per heavy atom. The number of Topliss-reactive ketones (excluding diaryl/α,β-unsaturated/α-hetero) is 1. The van der Waals surface area contributed by atoms with Gasteiger partial charge in [0.1, 0.15) is 5.69 Å². The third-order valence-electron chi connectivity index (χ3n) is 4.53. The summed E-state index contributed by atoms with van der Waals surface area (Å²) < 4.78 is 7.22. The molecule has 118 valence electrons. The third-order valence-corrected chi connectivity index (χ3v) is 4.53. The van der Waals surface area contributed by atoms with Crippen molar-refractivity contribution in [3.05, 3.63) is 11.9 Å². The fourth-order valence-corrected chi connectivity index (χ4v) is 3.71. The first-order chi connectivity index (χ1) is 9.91. The molecule has 0 spiro atoms. The normalized spacial score (nSPS) is 17.7. The summed E-state index contributed by atoms with van der Waals surface area (Å²) in [5.41, 5.74) is 0.448. The Bertz CT molecular complexity index is 497. The SMILES string of the molecule is COc1cnn(C(C)C)c1C(=O)C1(CC(C)C)CCCC1. The van der Waals surface area contributed by atoms with Crippen LogP contribution in [0.3, 0.4) is 0 Å². The number of aromatic nitrogens is 2. The van der Waals surface area contributed by atoms with Crippen LogP contribution in [0.25, 0.3) is 0 Å². The molecule has 0 aliphatic heterocycles. The minimum atomic E-state index is -0.214. The monoisotopic (exact) mass is 292 g/mol.